The second kappa shape index (κ2) is 11.5. The molecule has 3 rings (SSSR count). The van der Waals surface area contributed by atoms with Crippen LogP contribution in [0.5, 0.6) is 11.5 Å². The zero-order valence-electron chi connectivity index (χ0n) is 16.4. The summed E-state index contributed by atoms with van der Waals surface area (Å²) in [4.78, 5) is 29.5. The number of phenols is 2. The van der Waals surface area contributed by atoms with Crippen molar-refractivity contribution in [2.24, 2.45) is 0 Å². The molecule has 2 aromatic carbocycles. The van der Waals surface area contributed by atoms with Crippen LogP contribution in [-0.4, -0.2) is 28.1 Å². The molecule has 148 valence electrons. The molecule has 1 atom stereocenters. The number of aliphatic carboxylic acids is 2. The summed E-state index contributed by atoms with van der Waals surface area (Å²) in [7, 11) is 0. The van der Waals surface area contributed by atoms with Crippen molar-refractivity contribution in [3.8, 4) is 11.5 Å². The first-order valence-corrected chi connectivity index (χ1v) is 14.0. The van der Waals surface area contributed by atoms with E-state index in [9.17, 15) is 15.0 Å². The van der Waals surface area contributed by atoms with E-state index in [-0.39, 0.29) is 63.7 Å². The molecule has 10 heteroatoms. The van der Waals surface area contributed by atoms with Crippen molar-refractivity contribution in [1.29, 1.82) is 0 Å². The van der Waals surface area contributed by atoms with Crippen molar-refractivity contribution in [3.05, 3.63) is 59.7 Å². The number of carbonyl (C=O) groups is 3. The number of carbonyl (C=O) groups excluding carboxylic acids is 3. The Kier molecular flexibility index (Phi) is 9.96. The van der Waals surface area contributed by atoms with Gasteiger partial charge in [-0.25, -0.2) is 0 Å². The third-order valence-electron chi connectivity index (χ3n) is 3.77. The maximum absolute atomic E-state index is 11.7. The standard InChI is InChI=1S/C16H10O4.2C2H4O2.2Hg/c17-12-6-7-13(14(18)10-12)16(9-8-15(19)20-16)11-4-2-1-3-5-11;2*1-2(3)4;;/h1-5,7-9,17-18H;2*1H3,(H,3,4);;/q;;;2*+1/p-2. The third-order valence-corrected chi connectivity index (χ3v) is 8.47. The fourth-order valence-electron chi connectivity index (χ4n) is 2.62. The summed E-state index contributed by atoms with van der Waals surface area (Å²) in [5.41, 5.74) is 0.199. The molecule has 1 unspecified atom stereocenters. The summed E-state index contributed by atoms with van der Waals surface area (Å²) in [5.74, 6) is -2.35. The van der Waals surface area contributed by atoms with Crippen LogP contribution in [0, 0.1) is 0 Å². The Morgan fingerprint density at radius 2 is 1.50 bits per heavy atom. The van der Waals surface area contributed by atoms with Gasteiger partial charge in [0.15, 0.2) is 0 Å². The van der Waals surface area contributed by atoms with E-state index in [0.29, 0.717) is 8.64 Å². The topological polar surface area (TPSA) is 147 Å². The molecule has 1 heterocycles. The van der Waals surface area contributed by atoms with E-state index in [2.05, 4.69) is 0 Å². The summed E-state index contributed by atoms with van der Waals surface area (Å²) < 4.78 is 7.06. The number of aromatic hydroxyl groups is 2. The van der Waals surface area contributed by atoms with E-state index < -0.39 is 23.5 Å². The number of hydrogen-bond donors (Lipinski definition) is 2. The molecular weight excluding hydrogens is 769 g/mol. The van der Waals surface area contributed by atoms with Crippen LogP contribution in [0.3, 0.4) is 0 Å². The summed E-state index contributed by atoms with van der Waals surface area (Å²) in [5, 5.41) is 38.4. The summed E-state index contributed by atoms with van der Waals surface area (Å²) in [6, 6.07) is 11.1. The first kappa shape index (κ1) is 26.1. The SMILES string of the molecule is CC(=O)[O-].CC(=O)[O-].O=C1C=CC(c2ccccc2)(c2c[c]([Hg+])c(O)[c]([Hg+])c2O)O1. The van der Waals surface area contributed by atoms with Crippen LogP contribution in [0.25, 0.3) is 0 Å². The van der Waals surface area contributed by atoms with E-state index in [4.69, 9.17) is 24.5 Å². The Labute approximate surface area is 205 Å². The Morgan fingerprint density at radius 3 is 1.93 bits per heavy atom. The number of carboxylic acids is 2. The van der Waals surface area contributed by atoms with Crippen LogP contribution in [0.4, 0.5) is 0 Å². The van der Waals surface area contributed by atoms with Gasteiger partial charge < -0.3 is 19.8 Å². The van der Waals surface area contributed by atoms with Gasteiger partial charge in [-0.3, -0.25) is 0 Å². The first-order chi connectivity index (χ1) is 13.9. The fourth-order valence-corrected chi connectivity index (χ4v) is 9.64. The molecule has 8 nitrogen and oxygen atoms in total. The molecule has 0 bridgehead atoms. The summed E-state index contributed by atoms with van der Waals surface area (Å²) >= 11 is 0.241. The number of hydrogen-bond acceptors (Lipinski definition) is 8. The molecule has 30 heavy (non-hydrogen) atoms. The van der Waals surface area contributed by atoms with Gasteiger partial charge in [-0.1, -0.05) is 0 Å². The van der Waals surface area contributed by atoms with Gasteiger partial charge in [0.05, 0.1) is 0 Å². The fraction of sp³-hybridized carbons (Fsp3) is 0.150. The molecule has 2 N–H and O–H groups in total. The summed E-state index contributed by atoms with van der Waals surface area (Å²) in [6.45, 7) is 1.94. The second-order valence-corrected chi connectivity index (χ2v) is 11.8. The van der Waals surface area contributed by atoms with Gasteiger partial charge >= 0.3 is 161 Å². The van der Waals surface area contributed by atoms with Crippen molar-refractivity contribution in [3.63, 3.8) is 0 Å². The van der Waals surface area contributed by atoms with Crippen LogP contribution in [0.1, 0.15) is 25.0 Å². The monoisotopic (exact) mass is 788 g/mol. The van der Waals surface area contributed by atoms with Crippen molar-refractivity contribution in [2.75, 3.05) is 0 Å². The van der Waals surface area contributed by atoms with Crippen LogP contribution in [0.2, 0.25) is 0 Å². The maximum atomic E-state index is 11.7. The van der Waals surface area contributed by atoms with Crippen LogP contribution in [-0.2, 0) is 77.0 Å². The van der Waals surface area contributed by atoms with Gasteiger partial charge in [-0.15, -0.1) is 0 Å². The van der Waals surface area contributed by atoms with Crippen LogP contribution in [0.15, 0.2) is 48.6 Å². The second-order valence-electron chi connectivity index (χ2n) is 6.10. The predicted molar refractivity (Wildman–Crippen MR) is 92.9 cm³/mol. The van der Waals surface area contributed by atoms with Crippen molar-refractivity contribution < 1.29 is 91.8 Å². The average Bonchev–Trinajstić information content (AvgIpc) is 3.05. The van der Waals surface area contributed by atoms with Gasteiger partial charge in [0, 0.05) is 11.9 Å². The van der Waals surface area contributed by atoms with E-state index in [1.54, 1.807) is 12.1 Å². The molecule has 0 radical (unpaired) electrons. The molecule has 0 aliphatic carbocycles. The first-order valence-electron chi connectivity index (χ1n) is 8.48. The van der Waals surface area contributed by atoms with Crippen LogP contribution < -0.4 is 16.4 Å². The normalized spacial score (nSPS) is 16.5. The van der Waals surface area contributed by atoms with E-state index >= 15 is 0 Å². The number of ether oxygens (including phenoxy) is 1. The molecular formula is C20H16Hg2O8. The number of esters is 1. The minimum atomic E-state index is -1.11. The zero-order chi connectivity index (χ0) is 23.1. The Hall–Kier alpha value is -1.94. The molecule has 0 aromatic heterocycles. The van der Waals surface area contributed by atoms with Crippen LogP contribution >= 0.6 is 0 Å². The van der Waals surface area contributed by atoms with E-state index in [0.717, 1.165) is 22.5 Å². The Bertz CT molecular complexity index is 953. The van der Waals surface area contributed by atoms with Gasteiger partial charge in [-0.05, 0) is 13.8 Å². The number of phenolic OH excluding ortho intramolecular Hbond substituents is 2. The van der Waals surface area contributed by atoms with Crippen molar-refractivity contribution >= 4 is 24.1 Å². The molecule has 0 saturated carbocycles. The van der Waals surface area contributed by atoms with Gasteiger partial charge in [0.1, 0.15) is 0 Å². The molecule has 2 aromatic rings. The third kappa shape index (κ3) is 6.80. The molecule has 0 amide bonds. The Balaban J connectivity index is 0.000000485. The van der Waals surface area contributed by atoms with Gasteiger partial charge in [0.2, 0.25) is 0 Å². The van der Waals surface area contributed by atoms with Crippen molar-refractivity contribution in [1.82, 2.24) is 0 Å². The van der Waals surface area contributed by atoms with E-state index in [1.165, 1.54) is 6.08 Å². The Morgan fingerprint density at radius 1 is 1.00 bits per heavy atom. The predicted octanol–water partition coefficient (Wildman–Crippen LogP) is -1.69. The zero-order valence-corrected chi connectivity index (χ0v) is 27.4. The number of rotatable bonds is 2. The minimum absolute atomic E-state index is 0.0400. The van der Waals surface area contributed by atoms with Gasteiger partial charge in [-0.2, -0.15) is 0 Å². The average molecular weight is 786 g/mol. The molecule has 0 saturated heterocycles. The molecule has 0 spiro atoms. The number of carboxylic acid groups (broad SMARTS) is 2. The quantitative estimate of drug-likeness (QED) is 0.271. The number of cyclic esters (lactones) is 1. The van der Waals surface area contributed by atoms with E-state index in [1.807, 2.05) is 30.3 Å². The molecule has 1 aliphatic rings. The molecule has 1 aliphatic heterocycles. The van der Waals surface area contributed by atoms with Gasteiger partial charge in [0.25, 0.3) is 0 Å². The molecule has 0 fully saturated rings. The summed E-state index contributed by atoms with van der Waals surface area (Å²) in [6.07, 6.45) is 3.06. The number of benzene rings is 2. The van der Waals surface area contributed by atoms with Crippen molar-refractivity contribution in [2.45, 2.75) is 19.4 Å².